The van der Waals surface area contributed by atoms with Gasteiger partial charge in [0.2, 0.25) is 5.91 Å². The van der Waals surface area contributed by atoms with E-state index >= 15 is 0 Å². The van der Waals surface area contributed by atoms with E-state index in [1.54, 1.807) is 25.8 Å². The fourth-order valence-corrected chi connectivity index (χ4v) is 4.63. The molecule has 36 heavy (non-hydrogen) atoms. The summed E-state index contributed by atoms with van der Waals surface area (Å²) in [6.07, 6.45) is 11.6. The molecule has 3 aromatic rings. The smallest absolute Gasteiger partial charge is 0.222 e. The minimum atomic E-state index is -0.0555. The van der Waals surface area contributed by atoms with Gasteiger partial charge in [0.05, 0.1) is 37.3 Å². The van der Waals surface area contributed by atoms with Crippen LogP contribution in [0, 0.1) is 6.92 Å². The summed E-state index contributed by atoms with van der Waals surface area (Å²) in [4.78, 5) is 28.8. The Balaban J connectivity index is 1.29. The molecule has 5 rings (SSSR count). The molecule has 1 fully saturated rings. The summed E-state index contributed by atoms with van der Waals surface area (Å²) in [5, 5.41) is 7.38. The standard InChI is InChI=1S/C27H30N6O3/c1-19-16-32(18-30-19)24-6-5-21(13-25(24)35-2)12-22-4-3-11-33-23(17-36-31-27(22)33)14-26(34)29-15-20-7-9-28-10-8-20/h5-10,12-13,16,18,23H,3-4,11,14-15,17H2,1-2H3,(H,29,34)/b22-12+/t23-/m0/s1. The molecule has 4 heterocycles. The van der Waals surface area contributed by atoms with Crippen LogP contribution in [-0.2, 0) is 16.2 Å². The van der Waals surface area contributed by atoms with Crippen molar-refractivity contribution in [2.75, 3.05) is 20.3 Å². The predicted octanol–water partition coefficient (Wildman–Crippen LogP) is 3.48. The van der Waals surface area contributed by atoms with Crippen molar-refractivity contribution in [2.45, 2.75) is 38.8 Å². The molecule has 1 saturated heterocycles. The van der Waals surface area contributed by atoms with Crippen molar-refractivity contribution in [1.82, 2.24) is 24.8 Å². The average molecular weight is 487 g/mol. The van der Waals surface area contributed by atoms with Gasteiger partial charge >= 0.3 is 0 Å². The molecule has 1 aromatic carbocycles. The van der Waals surface area contributed by atoms with E-state index in [1.807, 2.05) is 42.0 Å². The zero-order chi connectivity index (χ0) is 24.9. The molecule has 0 saturated carbocycles. The first-order chi connectivity index (χ1) is 17.6. The number of fused-ring (bicyclic) bond motifs is 1. The van der Waals surface area contributed by atoms with Gasteiger partial charge in [-0.3, -0.25) is 9.78 Å². The quantitative estimate of drug-likeness (QED) is 0.550. The van der Waals surface area contributed by atoms with Crippen molar-refractivity contribution in [3.63, 3.8) is 0 Å². The van der Waals surface area contributed by atoms with Crippen LogP contribution >= 0.6 is 0 Å². The summed E-state index contributed by atoms with van der Waals surface area (Å²) in [5.74, 6) is 1.57. The average Bonchev–Trinajstić information content (AvgIpc) is 3.34. The highest BCUT2D eigenvalue weighted by Crippen LogP contribution is 2.30. The second-order valence-electron chi connectivity index (χ2n) is 9.02. The molecule has 1 N–H and O–H groups in total. The third-order valence-electron chi connectivity index (χ3n) is 6.46. The van der Waals surface area contributed by atoms with Crippen molar-refractivity contribution in [3.05, 3.63) is 77.6 Å². The Labute approximate surface area is 210 Å². The number of carbonyl (C=O) groups is 1. The number of nitrogens with one attached hydrogen (secondary N) is 1. The summed E-state index contributed by atoms with van der Waals surface area (Å²) >= 11 is 0. The first-order valence-electron chi connectivity index (χ1n) is 12.1. The highest BCUT2D eigenvalue weighted by atomic mass is 16.6. The number of hydrogen-bond donors (Lipinski definition) is 1. The van der Waals surface area contributed by atoms with Gasteiger partial charge in [0.15, 0.2) is 5.84 Å². The molecule has 0 bridgehead atoms. The van der Waals surface area contributed by atoms with Crippen LogP contribution in [0.3, 0.4) is 0 Å². The summed E-state index contributed by atoms with van der Waals surface area (Å²) in [6, 6.07) is 9.85. The lowest BCUT2D eigenvalue weighted by Gasteiger charge is -2.39. The molecule has 2 aromatic heterocycles. The lowest BCUT2D eigenvalue weighted by atomic mass is 9.97. The van der Waals surface area contributed by atoms with Gasteiger partial charge in [0, 0.05) is 31.7 Å². The van der Waals surface area contributed by atoms with Crippen molar-refractivity contribution in [2.24, 2.45) is 5.16 Å². The van der Waals surface area contributed by atoms with E-state index in [-0.39, 0.29) is 11.9 Å². The maximum atomic E-state index is 12.7. The van der Waals surface area contributed by atoms with Gasteiger partial charge in [0.25, 0.3) is 0 Å². The number of oxime groups is 1. The normalized spacial score (nSPS) is 18.3. The number of benzene rings is 1. The van der Waals surface area contributed by atoms with Crippen LogP contribution in [-0.4, -0.2) is 57.5 Å². The summed E-state index contributed by atoms with van der Waals surface area (Å²) < 4.78 is 7.63. The van der Waals surface area contributed by atoms with Gasteiger partial charge < -0.3 is 24.4 Å². The van der Waals surface area contributed by atoms with Crippen LogP contribution in [0.25, 0.3) is 11.8 Å². The van der Waals surface area contributed by atoms with E-state index < -0.39 is 0 Å². The Morgan fingerprint density at radius 2 is 2.14 bits per heavy atom. The zero-order valence-electron chi connectivity index (χ0n) is 20.6. The molecule has 0 unspecified atom stereocenters. The molecule has 9 nitrogen and oxygen atoms in total. The maximum absolute atomic E-state index is 12.7. The second-order valence-corrected chi connectivity index (χ2v) is 9.02. The lowest BCUT2D eigenvalue weighted by molar-refractivity contribution is -0.123. The molecule has 9 heteroatoms. The number of hydrogen-bond acceptors (Lipinski definition) is 7. The Kier molecular flexibility index (Phi) is 6.97. The van der Waals surface area contributed by atoms with Gasteiger partial charge in [-0.05, 0) is 66.8 Å². The Morgan fingerprint density at radius 1 is 1.28 bits per heavy atom. The first-order valence-corrected chi connectivity index (χ1v) is 12.1. The number of nitrogens with zero attached hydrogens (tertiary/aromatic N) is 5. The highest BCUT2D eigenvalue weighted by molar-refractivity contribution is 6.03. The summed E-state index contributed by atoms with van der Waals surface area (Å²) in [5.41, 5.74) is 5.01. The molecule has 2 aliphatic heterocycles. The fraction of sp³-hybridized carbons (Fsp3) is 0.333. The number of aryl methyl sites for hydroxylation is 1. The number of amidine groups is 1. The number of ether oxygens (including phenoxy) is 1. The molecule has 0 spiro atoms. The van der Waals surface area contributed by atoms with Gasteiger partial charge in [-0.15, -0.1) is 0 Å². The summed E-state index contributed by atoms with van der Waals surface area (Å²) in [6.45, 7) is 3.69. The van der Waals surface area contributed by atoms with Gasteiger partial charge in [-0.25, -0.2) is 4.98 Å². The van der Waals surface area contributed by atoms with E-state index in [0.29, 0.717) is 19.6 Å². The third kappa shape index (κ3) is 5.25. The summed E-state index contributed by atoms with van der Waals surface area (Å²) in [7, 11) is 1.67. The second kappa shape index (κ2) is 10.6. The largest absolute Gasteiger partial charge is 0.495 e. The van der Waals surface area contributed by atoms with Gasteiger partial charge in [0.1, 0.15) is 12.4 Å². The lowest BCUT2D eigenvalue weighted by Crippen LogP contribution is -2.50. The van der Waals surface area contributed by atoms with Crippen LogP contribution in [0.5, 0.6) is 5.75 Å². The Hall–Kier alpha value is -4.14. The number of carbonyl (C=O) groups excluding carboxylic acids is 1. The molecule has 1 atom stereocenters. The van der Waals surface area contributed by atoms with Crippen molar-refractivity contribution >= 4 is 17.8 Å². The molecule has 1 amide bonds. The fourth-order valence-electron chi connectivity index (χ4n) is 4.63. The maximum Gasteiger partial charge on any atom is 0.222 e. The molecule has 2 aliphatic rings. The van der Waals surface area contributed by atoms with Crippen molar-refractivity contribution in [1.29, 1.82) is 0 Å². The van der Waals surface area contributed by atoms with E-state index in [4.69, 9.17) is 9.57 Å². The Bertz CT molecular complexity index is 1280. The van der Waals surface area contributed by atoms with Gasteiger partial charge in [-0.1, -0.05) is 11.2 Å². The molecule has 0 aliphatic carbocycles. The minimum Gasteiger partial charge on any atom is -0.495 e. The minimum absolute atomic E-state index is 0.00664. The van der Waals surface area contributed by atoms with E-state index in [0.717, 1.165) is 59.1 Å². The number of imidazole rings is 1. The number of aromatic nitrogens is 3. The van der Waals surface area contributed by atoms with Gasteiger partial charge in [-0.2, -0.15) is 0 Å². The molecular formula is C27H30N6O3. The van der Waals surface area contributed by atoms with E-state index in [9.17, 15) is 4.79 Å². The van der Waals surface area contributed by atoms with Crippen LogP contribution in [0.1, 0.15) is 36.1 Å². The van der Waals surface area contributed by atoms with E-state index in [2.05, 4.69) is 37.5 Å². The van der Waals surface area contributed by atoms with Crippen LogP contribution in [0.2, 0.25) is 0 Å². The van der Waals surface area contributed by atoms with Crippen LogP contribution in [0.4, 0.5) is 0 Å². The number of amides is 1. The number of rotatable bonds is 7. The number of pyridine rings is 1. The zero-order valence-corrected chi connectivity index (χ0v) is 20.6. The topological polar surface area (TPSA) is 93.9 Å². The SMILES string of the molecule is COc1cc(/C=C2\CCCN3C2=NOC[C@@H]3CC(=O)NCc2ccncc2)ccc1-n1cnc(C)c1. The predicted molar refractivity (Wildman–Crippen MR) is 137 cm³/mol. The highest BCUT2D eigenvalue weighted by Gasteiger charge is 2.33. The number of piperidine rings is 1. The molecular weight excluding hydrogens is 456 g/mol. The monoisotopic (exact) mass is 486 g/mol. The first kappa shape index (κ1) is 23.6. The molecule has 0 radical (unpaired) electrons. The van der Waals surface area contributed by atoms with Crippen molar-refractivity contribution < 1.29 is 14.4 Å². The third-order valence-corrected chi connectivity index (χ3v) is 6.46. The van der Waals surface area contributed by atoms with Crippen LogP contribution in [0.15, 0.2) is 66.0 Å². The van der Waals surface area contributed by atoms with Crippen LogP contribution < -0.4 is 10.1 Å². The number of methoxy groups -OCH3 is 1. The van der Waals surface area contributed by atoms with Crippen molar-refractivity contribution in [3.8, 4) is 11.4 Å². The molecule has 186 valence electrons. The van der Waals surface area contributed by atoms with E-state index in [1.165, 1.54) is 0 Å². The Morgan fingerprint density at radius 3 is 2.92 bits per heavy atom.